The van der Waals surface area contributed by atoms with Crippen molar-refractivity contribution in [2.75, 3.05) is 0 Å². The van der Waals surface area contributed by atoms with Gasteiger partial charge in [0.15, 0.2) is 5.76 Å². The third kappa shape index (κ3) is 4.43. The minimum absolute atomic E-state index is 0.127. The molecule has 3 fully saturated rings. The van der Waals surface area contributed by atoms with Crippen molar-refractivity contribution in [1.82, 2.24) is 5.16 Å². The molecule has 0 spiro atoms. The third-order valence-corrected chi connectivity index (χ3v) is 11.0. The molecule has 1 N–H and O–H groups in total. The zero-order chi connectivity index (χ0) is 23.9. The van der Waals surface area contributed by atoms with E-state index in [2.05, 4.69) is 38.9 Å². The topological polar surface area (TPSA) is 55.5 Å². The Bertz CT molecular complexity index is 847. The summed E-state index contributed by atoms with van der Waals surface area (Å²) in [6.07, 6.45) is 18.5. The Morgan fingerprint density at radius 2 is 2.00 bits per heavy atom. The Morgan fingerprint density at radius 3 is 2.76 bits per heavy atom. The molecular formula is C30H47NO3. The van der Waals surface area contributed by atoms with E-state index in [4.69, 9.17) is 9.26 Å². The first kappa shape index (κ1) is 24.6. The van der Waals surface area contributed by atoms with Crippen molar-refractivity contribution in [2.24, 2.45) is 40.4 Å². The highest BCUT2D eigenvalue weighted by atomic mass is 16.5. The zero-order valence-corrected chi connectivity index (χ0v) is 22.0. The molecule has 0 bridgehead atoms. The Balaban J connectivity index is 1.22. The Morgan fingerprint density at radius 1 is 1.15 bits per heavy atom. The second-order valence-electron chi connectivity index (χ2n) is 13.0. The van der Waals surface area contributed by atoms with Crippen LogP contribution in [0.1, 0.15) is 104 Å². The fourth-order valence-electron chi connectivity index (χ4n) is 8.78. The lowest BCUT2D eigenvalue weighted by Gasteiger charge is -2.58. The van der Waals surface area contributed by atoms with Crippen LogP contribution in [0.25, 0.3) is 0 Å². The van der Waals surface area contributed by atoms with Crippen LogP contribution in [0.3, 0.4) is 0 Å². The number of ether oxygens (including phenoxy) is 1. The van der Waals surface area contributed by atoms with Crippen molar-refractivity contribution in [3.63, 3.8) is 0 Å². The third-order valence-electron chi connectivity index (χ3n) is 11.0. The molecule has 4 heteroatoms. The van der Waals surface area contributed by atoms with E-state index in [1.54, 1.807) is 11.8 Å². The van der Waals surface area contributed by atoms with Crippen molar-refractivity contribution in [2.45, 2.75) is 117 Å². The van der Waals surface area contributed by atoms with Crippen LogP contribution in [-0.2, 0) is 11.3 Å². The Labute approximate surface area is 206 Å². The van der Waals surface area contributed by atoms with Gasteiger partial charge in [-0.15, -0.1) is 0 Å². The molecule has 4 aliphatic rings. The first-order valence-electron chi connectivity index (χ1n) is 14.2. The summed E-state index contributed by atoms with van der Waals surface area (Å²) in [7, 11) is 0. The number of aliphatic hydroxyl groups is 1. The summed E-state index contributed by atoms with van der Waals surface area (Å²) in [5, 5.41) is 14.1. The minimum Gasteiger partial charge on any atom is -0.393 e. The van der Waals surface area contributed by atoms with Crippen molar-refractivity contribution in [3.8, 4) is 0 Å². The smallest absolute Gasteiger partial charge is 0.162 e. The Hall–Kier alpha value is -1.13. The molecule has 1 aromatic rings. The summed E-state index contributed by atoms with van der Waals surface area (Å²) in [6.45, 7) is 10.0. The van der Waals surface area contributed by atoms with Crippen LogP contribution in [0.5, 0.6) is 0 Å². The lowest BCUT2D eigenvalue weighted by molar-refractivity contribution is -0.0625. The van der Waals surface area contributed by atoms with Gasteiger partial charge in [-0.25, -0.2) is 0 Å². The van der Waals surface area contributed by atoms with Gasteiger partial charge in [-0.3, -0.25) is 0 Å². The van der Waals surface area contributed by atoms with E-state index in [9.17, 15) is 5.11 Å². The lowest BCUT2D eigenvalue weighted by Crippen LogP contribution is -2.50. The summed E-state index contributed by atoms with van der Waals surface area (Å²) >= 11 is 0. The zero-order valence-electron chi connectivity index (χ0n) is 22.0. The highest BCUT2D eigenvalue weighted by Gasteiger charge is 2.58. The number of hydrogen-bond acceptors (Lipinski definition) is 4. The van der Waals surface area contributed by atoms with Crippen LogP contribution < -0.4 is 0 Å². The van der Waals surface area contributed by atoms with Crippen LogP contribution in [-0.4, -0.2) is 22.5 Å². The molecular weight excluding hydrogens is 422 g/mol. The van der Waals surface area contributed by atoms with E-state index in [1.807, 2.05) is 6.07 Å². The molecule has 0 radical (unpaired) electrons. The average Bonchev–Trinajstić information content (AvgIpc) is 3.45. The standard InChI is InChI=1S/C30H47NO3/c1-20(2)28(32)7-5-6-21-9-11-26-25-10-8-22-18-23(33-19-24-14-17-31-34-24)12-15-30(22,4)27(25)13-16-29(21,26)3/h8,14,17,20-21,23,25-28,32H,5-7,9-13,15-16,18-19H2,1-4H3. The molecule has 34 heavy (non-hydrogen) atoms. The fourth-order valence-corrected chi connectivity index (χ4v) is 8.78. The lowest BCUT2D eigenvalue weighted by atomic mass is 9.47. The van der Waals surface area contributed by atoms with Crippen LogP contribution in [0, 0.1) is 40.4 Å². The van der Waals surface area contributed by atoms with Gasteiger partial charge in [0.25, 0.3) is 0 Å². The number of aromatic nitrogens is 1. The van der Waals surface area contributed by atoms with Gasteiger partial charge in [-0.05, 0) is 105 Å². The molecule has 4 aliphatic carbocycles. The van der Waals surface area contributed by atoms with E-state index >= 15 is 0 Å². The number of fused-ring (bicyclic) bond motifs is 5. The maximum atomic E-state index is 10.3. The van der Waals surface area contributed by atoms with Crippen molar-refractivity contribution >= 4 is 0 Å². The Kier molecular flexibility index (Phi) is 7.03. The van der Waals surface area contributed by atoms with Crippen LogP contribution in [0.4, 0.5) is 0 Å². The molecule has 8 unspecified atom stereocenters. The predicted molar refractivity (Wildman–Crippen MR) is 135 cm³/mol. The summed E-state index contributed by atoms with van der Waals surface area (Å²) in [6, 6.07) is 1.90. The molecule has 8 atom stereocenters. The molecule has 1 heterocycles. The van der Waals surface area contributed by atoms with Crippen LogP contribution >= 0.6 is 0 Å². The van der Waals surface area contributed by atoms with Gasteiger partial charge >= 0.3 is 0 Å². The van der Waals surface area contributed by atoms with E-state index in [1.165, 1.54) is 51.4 Å². The largest absolute Gasteiger partial charge is 0.393 e. The maximum Gasteiger partial charge on any atom is 0.162 e. The number of rotatable bonds is 8. The van der Waals surface area contributed by atoms with Gasteiger partial charge in [-0.1, -0.05) is 50.9 Å². The molecule has 0 amide bonds. The summed E-state index contributed by atoms with van der Waals surface area (Å²) < 4.78 is 11.5. The highest BCUT2D eigenvalue weighted by Crippen LogP contribution is 2.66. The SMILES string of the molecule is CC(C)C(O)CCCC1CCC2C3CC=C4CC(OCc5ccno5)CCC4(C)C3CCC12C. The monoisotopic (exact) mass is 469 g/mol. The molecule has 190 valence electrons. The van der Waals surface area contributed by atoms with Gasteiger partial charge in [-0.2, -0.15) is 0 Å². The minimum atomic E-state index is -0.127. The number of hydrogen-bond donors (Lipinski definition) is 1. The van der Waals surface area contributed by atoms with Crippen LogP contribution in [0.2, 0.25) is 0 Å². The highest BCUT2D eigenvalue weighted by molar-refractivity contribution is 5.25. The van der Waals surface area contributed by atoms with E-state index < -0.39 is 0 Å². The normalized spacial score (nSPS) is 40.4. The number of aliphatic hydroxyl groups excluding tert-OH is 1. The molecule has 1 aromatic heterocycles. The average molecular weight is 470 g/mol. The predicted octanol–water partition coefficient (Wildman–Crippen LogP) is 7.33. The van der Waals surface area contributed by atoms with Gasteiger partial charge in [0, 0.05) is 6.07 Å². The van der Waals surface area contributed by atoms with Gasteiger partial charge in [0.2, 0.25) is 0 Å². The fraction of sp³-hybridized carbons (Fsp3) is 0.833. The van der Waals surface area contributed by atoms with Gasteiger partial charge < -0.3 is 14.4 Å². The molecule has 0 aromatic carbocycles. The van der Waals surface area contributed by atoms with E-state index in [0.29, 0.717) is 29.5 Å². The molecule has 0 saturated heterocycles. The summed E-state index contributed by atoms with van der Waals surface area (Å²) in [4.78, 5) is 0. The molecule has 3 saturated carbocycles. The van der Waals surface area contributed by atoms with Crippen molar-refractivity contribution in [1.29, 1.82) is 0 Å². The second-order valence-corrected chi connectivity index (χ2v) is 13.0. The van der Waals surface area contributed by atoms with Crippen LogP contribution in [0.15, 0.2) is 28.4 Å². The quantitative estimate of drug-likeness (QED) is 0.405. The summed E-state index contributed by atoms with van der Waals surface area (Å²) in [5.74, 6) is 4.67. The number of nitrogens with zero attached hydrogens (tertiary/aromatic N) is 1. The maximum absolute atomic E-state index is 10.3. The second kappa shape index (κ2) is 9.73. The molecule has 0 aliphatic heterocycles. The molecule has 4 nitrogen and oxygen atoms in total. The van der Waals surface area contributed by atoms with Gasteiger partial charge in [0.05, 0.1) is 18.4 Å². The van der Waals surface area contributed by atoms with E-state index in [-0.39, 0.29) is 6.10 Å². The summed E-state index contributed by atoms with van der Waals surface area (Å²) in [5.41, 5.74) is 2.57. The first-order valence-corrected chi connectivity index (χ1v) is 14.2. The molecule has 5 rings (SSSR count). The van der Waals surface area contributed by atoms with Crippen molar-refractivity contribution in [3.05, 3.63) is 29.7 Å². The van der Waals surface area contributed by atoms with E-state index in [0.717, 1.165) is 48.7 Å². The van der Waals surface area contributed by atoms with Crippen molar-refractivity contribution < 1.29 is 14.4 Å². The number of allylic oxidation sites excluding steroid dienone is 1. The van der Waals surface area contributed by atoms with Gasteiger partial charge in [0.1, 0.15) is 6.61 Å². The first-order chi connectivity index (χ1) is 16.3.